The van der Waals surface area contributed by atoms with Crippen LogP contribution in [0.4, 0.5) is 11.4 Å². The Morgan fingerprint density at radius 2 is 1.65 bits per heavy atom. The van der Waals surface area contributed by atoms with E-state index in [0.717, 1.165) is 34.7 Å². The Balaban J connectivity index is 1.80. The Labute approximate surface area is 212 Å². The fraction of sp³-hybridized carbons (Fsp3) is 0.320. The minimum Gasteiger partial charge on any atom is -0.344 e. The number of nitro benzene ring substituents is 2. The molecule has 0 aliphatic carbocycles. The van der Waals surface area contributed by atoms with E-state index < -0.39 is 39.1 Å². The molecule has 3 aromatic rings. The molecule has 0 aliphatic heterocycles. The van der Waals surface area contributed by atoms with Crippen LogP contribution in [0.3, 0.4) is 0 Å². The summed E-state index contributed by atoms with van der Waals surface area (Å²) >= 11 is 0. The van der Waals surface area contributed by atoms with Gasteiger partial charge in [0, 0.05) is 40.8 Å². The number of carbonyl (C=O) groups is 2. The lowest BCUT2D eigenvalue weighted by Crippen LogP contribution is -2.46. The van der Waals surface area contributed by atoms with Gasteiger partial charge in [-0.05, 0) is 32.3 Å². The summed E-state index contributed by atoms with van der Waals surface area (Å²) in [6.45, 7) is 7.83. The van der Waals surface area contributed by atoms with Crippen molar-refractivity contribution in [3.05, 3.63) is 80.0 Å². The molecule has 1 aromatic heterocycles. The van der Waals surface area contributed by atoms with E-state index in [1.807, 2.05) is 44.3 Å². The van der Waals surface area contributed by atoms with Gasteiger partial charge in [0.2, 0.25) is 0 Å². The van der Waals surface area contributed by atoms with Crippen LogP contribution >= 0.6 is 0 Å². The lowest BCUT2D eigenvalue weighted by molar-refractivity contribution is -0.394. The van der Waals surface area contributed by atoms with Gasteiger partial charge < -0.3 is 9.88 Å². The van der Waals surface area contributed by atoms with Gasteiger partial charge in [0.1, 0.15) is 6.04 Å². The summed E-state index contributed by atoms with van der Waals surface area (Å²) in [4.78, 5) is 46.4. The molecule has 0 spiro atoms. The molecule has 1 heterocycles. The van der Waals surface area contributed by atoms with Crippen LogP contribution in [0.5, 0.6) is 0 Å². The number of hydrogen-bond acceptors (Lipinski definition) is 7. The highest BCUT2D eigenvalue weighted by atomic mass is 16.6. The van der Waals surface area contributed by atoms with Gasteiger partial charge in [0.25, 0.3) is 23.2 Å². The van der Waals surface area contributed by atoms with Crippen LogP contribution < -0.4 is 10.7 Å². The molecule has 12 nitrogen and oxygen atoms in total. The number of rotatable bonds is 10. The zero-order chi connectivity index (χ0) is 27.3. The van der Waals surface area contributed by atoms with Crippen LogP contribution in [0, 0.1) is 26.1 Å². The first-order valence-corrected chi connectivity index (χ1v) is 11.6. The summed E-state index contributed by atoms with van der Waals surface area (Å²) in [7, 11) is 0. The fourth-order valence-corrected chi connectivity index (χ4v) is 3.89. The third-order valence-corrected chi connectivity index (χ3v) is 5.62. The smallest absolute Gasteiger partial charge is 0.277 e. The van der Waals surface area contributed by atoms with Crippen LogP contribution in [0.2, 0.25) is 0 Å². The zero-order valence-electron chi connectivity index (χ0n) is 20.9. The summed E-state index contributed by atoms with van der Waals surface area (Å²) in [5, 5.41) is 29.9. The Morgan fingerprint density at radius 3 is 2.22 bits per heavy atom. The number of hydrazone groups is 1. The number of hydrogen-bond donors (Lipinski definition) is 2. The predicted octanol–water partition coefficient (Wildman–Crippen LogP) is 4.33. The second-order valence-corrected chi connectivity index (χ2v) is 9.24. The molecule has 3 rings (SSSR count). The molecule has 194 valence electrons. The molecule has 0 saturated carbocycles. The van der Waals surface area contributed by atoms with Crippen molar-refractivity contribution in [1.82, 2.24) is 15.3 Å². The van der Waals surface area contributed by atoms with E-state index in [4.69, 9.17) is 0 Å². The van der Waals surface area contributed by atoms with Crippen LogP contribution in [-0.4, -0.2) is 38.5 Å². The number of amides is 2. The summed E-state index contributed by atoms with van der Waals surface area (Å²) in [6, 6.07) is 9.62. The molecule has 2 amide bonds. The number of aromatic nitrogens is 1. The van der Waals surface area contributed by atoms with Crippen molar-refractivity contribution in [3.63, 3.8) is 0 Å². The number of nitro groups is 2. The van der Waals surface area contributed by atoms with E-state index in [1.54, 1.807) is 0 Å². The highest BCUT2D eigenvalue weighted by molar-refractivity contribution is 6.01. The van der Waals surface area contributed by atoms with Gasteiger partial charge in [-0.15, -0.1) is 0 Å². The molecule has 0 aliphatic rings. The molecule has 2 N–H and O–H groups in total. The summed E-state index contributed by atoms with van der Waals surface area (Å²) < 4.78 is 2.10. The van der Waals surface area contributed by atoms with E-state index in [1.165, 1.54) is 6.21 Å². The third kappa shape index (κ3) is 6.54. The quantitative estimate of drug-likeness (QED) is 0.235. The maximum atomic E-state index is 12.9. The SMILES string of the molecule is CC(C)C[C@H](NC(=O)c1cc([N+](=O)[O-])cc([N+](=O)[O-])c1)C(=O)N/N=C\c1cn(C(C)C)c2ccccc12. The number of para-hydroxylation sites is 1. The second kappa shape index (κ2) is 11.4. The molecular formula is C25H28N6O6. The van der Waals surface area contributed by atoms with E-state index in [9.17, 15) is 29.8 Å². The van der Waals surface area contributed by atoms with Crippen molar-refractivity contribution in [1.29, 1.82) is 0 Å². The van der Waals surface area contributed by atoms with E-state index in [2.05, 4.69) is 34.3 Å². The minimum atomic E-state index is -1.03. The number of carbonyl (C=O) groups excluding carboxylic acids is 2. The van der Waals surface area contributed by atoms with Crippen LogP contribution in [0.15, 0.2) is 53.8 Å². The normalized spacial score (nSPS) is 12.3. The van der Waals surface area contributed by atoms with Gasteiger partial charge in [-0.25, -0.2) is 5.43 Å². The number of benzene rings is 2. The van der Waals surface area contributed by atoms with Gasteiger partial charge in [-0.3, -0.25) is 29.8 Å². The van der Waals surface area contributed by atoms with Crippen molar-refractivity contribution in [2.75, 3.05) is 0 Å². The van der Waals surface area contributed by atoms with Crippen molar-refractivity contribution >= 4 is 40.3 Å². The van der Waals surface area contributed by atoms with Gasteiger partial charge in [0.15, 0.2) is 0 Å². The molecule has 0 unspecified atom stereocenters. The number of non-ortho nitro benzene ring substituents is 2. The molecule has 0 radical (unpaired) electrons. The lowest BCUT2D eigenvalue weighted by atomic mass is 10.0. The predicted molar refractivity (Wildman–Crippen MR) is 139 cm³/mol. The molecule has 12 heteroatoms. The molecule has 37 heavy (non-hydrogen) atoms. The topological polar surface area (TPSA) is 162 Å². The van der Waals surface area contributed by atoms with E-state index >= 15 is 0 Å². The largest absolute Gasteiger partial charge is 0.344 e. The Kier molecular flexibility index (Phi) is 8.33. The average molecular weight is 509 g/mol. The number of fused-ring (bicyclic) bond motifs is 1. The molecule has 1 atom stereocenters. The van der Waals surface area contributed by atoms with E-state index in [0.29, 0.717) is 0 Å². The molecule has 0 bridgehead atoms. The zero-order valence-corrected chi connectivity index (χ0v) is 20.9. The van der Waals surface area contributed by atoms with Crippen LogP contribution in [0.1, 0.15) is 56.1 Å². The first kappa shape index (κ1) is 27.0. The van der Waals surface area contributed by atoms with Crippen molar-refractivity contribution in [3.8, 4) is 0 Å². The summed E-state index contributed by atoms with van der Waals surface area (Å²) in [6.07, 6.45) is 3.71. The monoisotopic (exact) mass is 508 g/mol. The first-order chi connectivity index (χ1) is 17.5. The average Bonchev–Trinajstić information content (AvgIpc) is 3.22. The second-order valence-electron chi connectivity index (χ2n) is 9.24. The highest BCUT2D eigenvalue weighted by Crippen LogP contribution is 2.24. The molecular weight excluding hydrogens is 480 g/mol. The van der Waals surface area contributed by atoms with Crippen molar-refractivity contribution < 1.29 is 19.4 Å². The molecule has 0 fully saturated rings. The highest BCUT2D eigenvalue weighted by Gasteiger charge is 2.25. The van der Waals surface area contributed by atoms with Gasteiger partial charge >= 0.3 is 0 Å². The summed E-state index contributed by atoms with van der Waals surface area (Å²) in [5.74, 6) is -1.44. The first-order valence-electron chi connectivity index (χ1n) is 11.6. The van der Waals surface area contributed by atoms with Crippen LogP contribution in [-0.2, 0) is 4.79 Å². The summed E-state index contributed by atoms with van der Waals surface area (Å²) in [5.41, 5.74) is 2.78. The third-order valence-electron chi connectivity index (χ3n) is 5.62. The Hall–Kier alpha value is -4.61. The fourth-order valence-electron chi connectivity index (χ4n) is 3.89. The van der Waals surface area contributed by atoms with Gasteiger partial charge in [-0.1, -0.05) is 32.0 Å². The molecule has 2 aromatic carbocycles. The molecule has 0 saturated heterocycles. The van der Waals surface area contributed by atoms with E-state index in [-0.39, 0.29) is 23.9 Å². The maximum absolute atomic E-state index is 12.9. The maximum Gasteiger partial charge on any atom is 0.277 e. The van der Waals surface area contributed by atoms with Gasteiger partial charge in [-0.2, -0.15) is 5.10 Å². The van der Waals surface area contributed by atoms with Gasteiger partial charge in [0.05, 0.1) is 27.7 Å². The standard InChI is InChI=1S/C25H28N6O6/c1-15(2)9-22(27-24(32)17-10-19(30(34)35)12-20(11-17)31(36)37)25(33)28-26-13-18-14-29(16(3)4)23-8-6-5-7-21(18)23/h5-8,10-16,22H,9H2,1-4H3,(H,27,32)(H,28,33)/b26-13-/t22-/m0/s1. The Bertz CT molecular complexity index is 1340. The Morgan fingerprint density at radius 1 is 1.03 bits per heavy atom. The van der Waals surface area contributed by atoms with Crippen LogP contribution in [0.25, 0.3) is 10.9 Å². The van der Waals surface area contributed by atoms with Crippen molar-refractivity contribution in [2.24, 2.45) is 11.0 Å². The number of nitrogens with one attached hydrogen (secondary N) is 2. The lowest BCUT2D eigenvalue weighted by Gasteiger charge is -2.19. The van der Waals surface area contributed by atoms with Crippen molar-refractivity contribution in [2.45, 2.75) is 46.2 Å². The number of nitrogens with zero attached hydrogens (tertiary/aromatic N) is 4. The minimum absolute atomic E-state index is 0.00323.